The molecule has 2 fully saturated rings. The zero-order valence-corrected chi connectivity index (χ0v) is 15.5. The number of anilines is 2. The van der Waals surface area contributed by atoms with Crippen molar-refractivity contribution < 1.29 is 13.9 Å². The first kappa shape index (κ1) is 18.9. The predicted octanol–water partition coefficient (Wildman–Crippen LogP) is 2.20. The van der Waals surface area contributed by atoms with E-state index in [2.05, 4.69) is 10.6 Å². The van der Waals surface area contributed by atoms with Crippen LogP contribution in [0.3, 0.4) is 0 Å². The summed E-state index contributed by atoms with van der Waals surface area (Å²) in [7, 11) is 1.61. The molecular weight excluding hydrogens is 335 g/mol. The third-order valence-electron chi connectivity index (χ3n) is 5.16. The Morgan fingerprint density at radius 1 is 1.35 bits per heavy atom. The fourth-order valence-electron chi connectivity index (χ4n) is 3.67. The van der Waals surface area contributed by atoms with Gasteiger partial charge >= 0.3 is 6.03 Å². The number of hydrogen-bond donors (Lipinski definition) is 2. The third-order valence-corrected chi connectivity index (χ3v) is 5.16. The van der Waals surface area contributed by atoms with Crippen molar-refractivity contribution in [2.75, 3.05) is 62.8 Å². The Morgan fingerprint density at radius 3 is 2.88 bits per heavy atom. The van der Waals surface area contributed by atoms with E-state index in [1.807, 2.05) is 11.0 Å². The van der Waals surface area contributed by atoms with E-state index in [0.29, 0.717) is 37.0 Å². The van der Waals surface area contributed by atoms with Gasteiger partial charge < -0.3 is 20.3 Å². The van der Waals surface area contributed by atoms with Crippen molar-refractivity contribution in [3.05, 3.63) is 24.0 Å². The Balaban J connectivity index is 1.77. The van der Waals surface area contributed by atoms with Gasteiger partial charge in [-0.05, 0) is 56.5 Å². The molecule has 0 saturated carbocycles. The average Bonchev–Trinajstić information content (AvgIpc) is 2.95. The quantitative estimate of drug-likeness (QED) is 0.860. The Labute approximate surface area is 154 Å². The smallest absolute Gasteiger partial charge is 0.321 e. The van der Waals surface area contributed by atoms with Crippen LogP contribution in [0.1, 0.15) is 19.3 Å². The summed E-state index contributed by atoms with van der Waals surface area (Å²) < 4.78 is 20.3. The van der Waals surface area contributed by atoms with Gasteiger partial charge in [-0.25, -0.2) is 9.18 Å². The maximum absolute atomic E-state index is 14.8. The molecular formula is C19H29FN4O2. The standard InChI is InChI=1S/C19H29FN4O2/c1-21-19(25)24(14-15-5-7-22-8-6-15)16-3-4-18(17(20)13-16)23-9-2-11-26-12-10-23/h3-4,13,15,22H,2,5-12,14H2,1H3,(H,21,25). The molecule has 0 spiro atoms. The molecule has 0 atom stereocenters. The predicted molar refractivity (Wildman–Crippen MR) is 101 cm³/mol. The van der Waals surface area contributed by atoms with Gasteiger partial charge in [0, 0.05) is 39.0 Å². The highest BCUT2D eigenvalue weighted by Crippen LogP contribution is 2.27. The van der Waals surface area contributed by atoms with Gasteiger partial charge in [0.2, 0.25) is 0 Å². The summed E-state index contributed by atoms with van der Waals surface area (Å²) in [4.78, 5) is 16.1. The van der Waals surface area contributed by atoms with Crippen LogP contribution in [-0.2, 0) is 4.74 Å². The number of hydrogen-bond acceptors (Lipinski definition) is 4. The number of piperidine rings is 1. The summed E-state index contributed by atoms with van der Waals surface area (Å²) in [5.41, 5.74) is 1.19. The monoisotopic (exact) mass is 364 g/mol. The molecule has 6 nitrogen and oxygen atoms in total. The summed E-state index contributed by atoms with van der Waals surface area (Å²) in [6, 6.07) is 4.92. The summed E-state index contributed by atoms with van der Waals surface area (Å²) in [5.74, 6) is 0.141. The van der Waals surface area contributed by atoms with Crippen molar-refractivity contribution in [2.24, 2.45) is 5.92 Å². The maximum atomic E-state index is 14.8. The molecule has 2 aliphatic rings. The number of rotatable bonds is 4. The second-order valence-electron chi connectivity index (χ2n) is 6.95. The number of nitrogens with zero attached hydrogens (tertiary/aromatic N) is 2. The molecule has 7 heteroatoms. The summed E-state index contributed by atoms with van der Waals surface area (Å²) in [6.07, 6.45) is 2.95. The summed E-state index contributed by atoms with van der Waals surface area (Å²) in [5, 5.41) is 6.01. The Bertz CT molecular complexity index is 599. The number of urea groups is 1. The topological polar surface area (TPSA) is 56.8 Å². The highest BCUT2D eigenvalue weighted by atomic mass is 19.1. The molecule has 2 amide bonds. The molecule has 0 unspecified atom stereocenters. The average molecular weight is 364 g/mol. The summed E-state index contributed by atoms with van der Waals surface area (Å²) >= 11 is 0. The first-order valence-electron chi connectivity index (χ1n) is 9.51. The minimum absolute atomic E-state index is 0.196. The number of amides is 2. The molecule has 3 rings (SSSR count). The molecule has 144 valence electrons. The molecule has 2 aliphatic heterocycles. The lowest BCUT2D eigenvalue weighted by Crippen LogP contribution is -2.43. The van der Waals surface area contributed by atoms with Crippen molar-refractivity contribution >= 4 is 17.4 Å². The van der Waals surface area contributed by atoms with E-state index in [4.69, 9.17) is 4.74 Å². The van der Waals surface area contributed by atoms with Gasteiger partial charge in [0.15, 0.2) is 0 Å². The SMILES string of the molecule is CNC(=O)N(CC1CCNCC1)c1ccc(N2CCCOCC2)c(F)c1. The lowest BCUT2D eigenvalue weighted by molar-refractivity contribution is 0.152. The van der Waals surface area contributed by atoms with Crippen molar-refractivity contribution in [3.8, 4) is 0 Å². The van der Waals surface area contributed by atoms with E-state index in [0.717, 1.165) is 45.5 Å². The molecule has 26 heavy (non-hydrogen) atoms. The van der Waals surface area contributed by atoms with Crippen molar-refractivity contribution in [1.29, 1.82) is 0 Å². The lowest BCUT2D eigenvalue weighted by Gasteiger charge is -2.30. The van der Waals surface area contributed by atoms with Gasteiger partial charge in [0.05, 0.1) is 12.3 Å². The second kappa shape index (κ2) is 9.19. The van der Waals surface area contributed by atoms with Crippen LogP contribution in [0.5, 0.6) is 0 Å². The van der Waals surface area contributed by atoms with Crippen LogP contribution in [0.2, 0.25) is 0 Å². The van der Waals surface area contributed by atoms with E-state index < -0.39 is 0 Å². The van der Waals surface area contributed by atoms with Crippen molar-refractivity contribution in [3.63, 3.8) is 0 Å². The first-order chi connectivity index (χ1) is 12.7. The zero-order valence-electron chi connectivity index (χ0n) is 15.5. The molecule has 2 saturated heterocycles. The first-order valence-corrected chi connectivity index (χ1v) is 9.51. The van der Waals surface area contributed by atoms with Crippen LogP contribution >= 0.6 is 0 Å². The van der Waals surface area contributed by atoms with Crippen molar-refractivity contribution in [2.45, 2.75) is 19.3 Å². The molecule has 0 bridgehead atoms. The molecule has 2 N–H and O–H groups in total. The second-order valence-corrected chi connectivity index (χ2v) is 6.95. The lowest BCUT2D eigenvalue weighted by atomic mass is 9.97. The molecule has 0 radical (unpaired) electrons. The number of carbonyl (C=O) groups excluding carboxylic acids is 1. The Hall–Kier alpha value is -1.86. The van der Waals surface area contributed by atoms with E-state index >= 15 is 0 Å². The van der Waals surface area contributed by atoms with Crippen LogP contribution in [0.15, 0.2) is 18.2 Å². The molecule has 0 aromatic heterocycles. The van der Waals surface area contributed by atoms with Gasteiger partial charge in [-0.1, -0.05) is 0 Å². The van der Waals surface area contributed by atoms with E-state index in [-0.39, 0.29) is 11.8 Å². The zero-order chi connectivity index (χ0) is 18.4. The van der Waals surface area contributed by atoms with E-state index in [1.54, 1.807) is 18.0 Å². The molecule has 0 aliphatic carbocycles. The largest absolute Gasteiger partial charge is 0.380 e. The van der Waals surface area contributed by atoms with Crippen LogP contribution in [0.25, 0.3) is 0 Å². The number of nitrogens with one attached hydrogen (secondary N) is 2. The molecule has 1 aromatic carbocycles. The Morgan fingerprint density at radius 2 is 2.15 bits per heavy atom. The fourth-order valence-corrected chi connectivity index (χ4v) is 3.67. The van der Waals surface area contributed by atoms with Gasteiger partial charge in [0.1, 0.15) is 5.82 Å². The van der Waals surface area contributed by atoms with Gasteiger partial charge in [-0.2, -0.15) is 0 Å². The van der Waals surface area contributed by atoms with Crippen LogP contribution in [-0.4, -0.2) is 59.0 Å². The number of ether oxygens (including phenoxy) is 1. The van der Waals surface area contributed by atoms with E-state index in [9.17, 15) is 9.18 Å². The number of halogens is 1. The van der Waals surface area contributed by atoms with Gasteiger partial charge in [-0.15, -0.1) is 0 Å². The minimum atomic E-state index is -0.288. The normalized spacial score (nSPS) is 19.1. The third kappa shape index (κ3) is 4.65. The summed E-state index contributed by atoms with van der Waals surface area (Å²) in [6.45, 7) is 5.35. The van der Waals surface area contributed by atoms with Crippen molar-refractivity contribution in [1.82, 2.24) is 10.6 Å². The minimum Gasteiger partial charge on any atom is -0.380 e. The van der Waals surface area contributed by atoms with Gasteiger partial charge in [-0.3, -0.25) is 4.90 Å². The van der Waals surface area contributed by atoms with Crippen LogP contribution in [0, 0.1) is 11.7 Å². The molecule has 2 heterocycles. The fraction of sp³-hybridized carbons (Fsp3) is 0.632. The highest BCUT2D eigenvalue weighted by molar-refractivity contribution is 5.92. The highest BCUT2D eigenvalue weighted by Gasteiger charge is 2.23. The molecule has 1 aromatic rings. The Kier molecular flexibility index (Phi) is 6.68. The van der Waals surface area contributed by atoms with Crippen LogP contribution < -0.4 is 20.4 Å². The van der Waals surface area contributed by atoms with E-state index in [1.165, 1.54) is 6.07 Å². The maximum Gasteiger partial charge on any atom is 0.321 e. The van der Waals surface area contributed by atoms with Crippen LogP contribution in [0.4, 0.5) is 20.6 Å². The number of benzene rings is 1. The number of carbonyl (C=O) groups is 1. The van der Waals surface area contributed by atoms with Gasteiger partial charge in [0.25, 0.3) is 0 Å².